The van der Waals surface area contributed by atoms with E-state index in [9.17, 15) is 0 Å². The number of hydrogen-bond donors (Lipinski definition) is 0. The molecule has 66 valence electrons. The van der Waals surface area contributed by atoms with Crippen LogP contribution in [0.5, 0.6) is 5.75 Å². The minimum absolute atomic E-state index is 0.191. The zero-order valence-corrected chi connectivity index (χ0v) is 8.01. The van der Waals surface area contributed by atoms with Gasteiger partial charge in [0.2, 0.25) is 0 Å². The second kappa shape index (κ2) is 4.21. The molecule has 0 bridgehead atoms. The van der Waals surface area contributed by atoms with Crippen molar-refractivity contribution in [1.29, 1.82) is 0 Å². The third-order valence-corrected chi connectivity index (χ3v) is 1.66. The molecule has 0 aliphatic rings. The van der Waals surface area contributed by atoms with Crippen LogP contribution >= 0.6 is 11.6 Å². The molecule has 0 saturated heterocycles. The van der Waals surface area contributed by atoms with E-state index in [1.165, 1.54) is 0 Å². The predicted octanol–water partition coefficient (Wildman–Crippen LogP) is 2.33. The summed E-state index contributed by atoms with van der Waals surface area (Å²) in [5.74, 6) is 0.802. The molecule has 1 rings (SSSR count). The lowest BCUT2D eigenvalue weighted by molar-refractivity contribution is 0.388. The molecule has 2 nitrogen and oxygen atoms in total. The summed E-state index contributed by atoms with van der Waals surface area (Å²) in [5.41, 5.74) is 1.11. The molecule has 0 aliphatic heterocycles. The maximum atomic E-state index is 5.43. The van der Waals surface area contributed by atoms with Crippen LogP contribution in [0.15, 0.2) is 24.3 Å². The fraction of sp³-hybridized carbons (Fsp3) is 0.333. The normalized spacial score (nSPS) is 9.58. The number of hydrogen-bond acceptors (Lipinski definition) is 2. The van der Waals surface area contributed by atoms with Crippen LogP contribution in [-0.2, 0) is 0 Å². The number of alkyl halides is 1. The Hall–Kier alpha value is -0.890. The second-order valence-corrected chi connectivity index (χ2v) is 2.86. The number of anilines is 1. The van der Waals surface area contributed by atoms with Crippen LogP contribution in [0.4, 0.5) is 5.69 Å². The highest BCUT2D eigenvalue weighted by atomic mass is 35.5. The zero-order valence-electron chi connectivity index (χ0n) is 7.25. The molecular weight excluding hydrogens is 174 g/mol. The van der Waals surface area contributed by atoms with E-state index in [1.54, 1.807) is 0 Å². The zero-order chi connectivity index (χ0) is 8.97. The largest absolute Gasteiger partial charge is 0.478 e. The van der Waals surface area contributed by atoms with Crippen molar-refractivity contribution in [2.45, 2.75) is 0 Å². The van der Waals surface area contributed by atoms with Gasteiger partial charge in [0.05, 0.1) is 0 Å². The maximum absolute atomic E-state index is 5.43. The number of halogens is 1. The molecule has 0 aliphatic carbocycles. The average molecular weight is 186 g/mol. The van der Waals surface area contributed by atoms with Crippen molar-refractivity contribution in [2.24, 2.45) is 0 Å². The first kappa shape index (κ1) is 9.20. The van der Waals surface area contributed by atoms with Crippen LogP contribution in [0, 0.1) is 0 Å². The SMILES string of the molecule is CN(C)c1cccc(OCCl)c1. The molecular formula is C9H12ClNO. The second-order valence-electron chi connectivity index (χ2n) is 2.65. The van der Waals surface area contributed by atoms with Crippen molar-refractivity contribution >= 4 is 17.3 Å². The van der Waals surface area contributed by atoms with Gasteiger partial charge in [-0.05, 0) is 12.1 Å². The highest BCUT2D eigenvalue weighted by Gasteiger charge is 1.96. The van der Waals surface area contributed by atoms with Gasteiger partial charge in [-0.1, -0.05) is 17.7 Å². The molecule has 1 aromatic rings. The molecule has 0 heterocycles. The van der Waals surface area contributed by atoms with E-state index in [0.29, 0.717) is 0 Å². The van der Waals surface area contributed by atoms with E-state index in [0.717, 1.165) is 11.4 Å². The molecule has 0 N–H and O–H groups in total. The first-order valence-corrected chi connectivity index (χ1v) is 4.23. The third kappa shape index (κ3) is 2.31. The lowest BCUT2D eigenvalue weighted by Crippen LogP contribution is -2.08. The van der Waals surface area contributed by atoms with E-state index in [2.05, 4.69) is 0 Å². The van der Waals surface area contributed by atoms with Gasteiger partial charge in [-0.2, -0.15) is 0 Å². The molecule has 0 radical (unpaired) electrons. The maximum Gasteiger partial charge on any atom is 0.162 e. The van der Waals surface area contributed by atoms with Gasteiger partial charge < -0.3 is 9.64 Å². The number of ether oxygens (including phenoxy) is 1. The summed E-state index contributed by atoms with van der Waals surface area (Å²) >= 11 is 5.43. The molecule has 12 heavy (non-hydrogen) atoms. The van der Waals surface area contributed by atoms with Crippen molar-refractivity contribution in [3.63, 3.8) is 0 Å². The van der Waals surface area contributed by atoms with Gasteiger partial charge in [0.1, 0.15) is 5.75 Å². The average Bonchev–Trinajstić information content (AvgIpc) is 2.05. The molecule has 0 saturated carbocycles. The van der Waals surface area contributed by atoms with Crippen molar-refractivity contribution in [3.8, 4) is 5.75 Å². The molecule has 0 fully saturated rings. The molecule has 0 spiro atoms. The summed E-state index contributed by atoms with van der Waals surface area (Å²) in [7, 11) is 3.97. The smallest absolute Gasteiger partial charge is 0.162 e. The van der Waals surface area contributed by atoms with Gasteiger partial charge in [-0.25, -0.2) is 0 Å². The van der Waals surface area contributed by atoms with E-state index in [1.807, 2.05) is 43.3 Å². The monoisotopic (exact) mass is 185 g/mol. The van der Waals surface area contributed by atoms with Crippen LogP contribution in [-0.4, -0.2) is 20.2 Å². The Bertz CT molecular complexity index is 250. The topological polar surface area (TPSA) is 12.5 Å². The van der Waals surface area contributed by atoms with Gasteiger partial charge in [0.25, 0.3) is 0 Å². The fourth-order valence-corrected chi connectivity index (χ4v) is 1.04. The molecule has 0 atom stereocenters. The van der Waals surface area contributed by atoms with Crippen molar-refractivity contribution in [2.75, 3.05) is 25.1 Å². The predicted molar refractivity (Wildman–Crippen MR) is 52.1 cm³/mol. The summed E-state index contributed by atoms with van der Waals surface area (Å²) in [6.45, 7) is 0. The van der Waals surface area contributed by atoms with Crippen LogP contribution in [0.2, 0.25) is 0 Å². The van der Waals surface area contributed by atoms with E-state index in [4.69, 9.17) is 16.3 Å². The van der Waals surface area contributed by atoms with Crippen molar-refractivity contribution < 1.29 is 4.74 Å². The first-order valence-electron chi connectivity index (χ1n) is 3.70. The van der Waals surface area contributed by atoms with Gasteiger partial charge in [0.15, 0.2) is 6.07 Å². The Kier molecular flexibility index (Phi) is 3.23. The van der Waals surface area contributed by atoms with E-state index < -0.39 is 0 Å². The highest BCUT2D eigenvalue weighted by Crippen LogP contribution is 2.19. The Morgan fingerprint density at radius 1 is 1.42 bits per heavy atom. The number of nitrogens with zero attached hydrogens (tertiary/aromatic N) is 1. The molecule has 0 aromatic heterocycles. The number of benzene rings is 1. The molecule has 1 aromatic carbocycles. The lowest BCUT2D eigenvalue weighted by Gasteiger charge is -2.13. The Morgan fingerprint density at radius 2 is 2.17 bits per heavy atom. The third-order valence-electron chi connectivity index (χ3n) is 1.56. The van der Waals surface area contributed by atoms with Crippen LogP contribution in [0.3, 0.4) is 0 Å². The number of rotatable bonds is 3. The van der Waals surface area contributed by atoms with Crippen LogP contribution in [0.25, 0.3) is 0 Å². The summed E-state index contributed by atoms with van der Waals surface area (Å²) in [5, 5.41) is 0. The highest BCUT2D eigenvalue weighted by molar-refractivity contribution is 6.17. The first-order chi connectivity index (χ1) is 5.74. The molecule has 0 unspecified atom stereocenters. The van der Waals surface area contributed by atoms with Crippen LogP contribution < -0.4 is 9.64 Å². The molecule has 3 heteroatoms. The van der Waals surface area contributed by atoms with Crippen molar-refractivity contribution in [3.05, 3.63) is 24.3 Å². The quantitative estimate of drug-likeness (QED) is 0.671. The fourth-order valence-electron chi connectivity index (χ4n) is 0.914. The van der Waals surface area contributed by atoms with E-state index >= 15 is 0 Å². The molecule has 0 amide bonds. The standard InChI is InChI=1S/C9H12ClNO/c1-11(2)8-4-3-5-9(6-8)12-7-10/h3-6H,7H2,1-2H3. The van der Waals surface area contributed by atoms with Gasteiger partial charge in [-0.15, -0.1) is 0 Å². The summed E-state index contributed by atoms with van der Waals surface area (Å²) in [6, 6.07) is 7.98. The minimum atomic E-state index is 0.191. The van der Waals surface area contributed by atoms with Crippen LogP contribution in [0.1, 0.15) is 0 Å². The summed E-state index contributed by atoms with van der Waals surface area (Å²) < 4.78 is 5.14. The lowest BCUT2D eigenvalue weighted by atomic mass is 10.3. The van der Waals surface area contributed by atoms with Gasteiger partial charge in [0, 0.05) is 25.8 Å². The Balaban J connectivity index is 2.81. The van der Waals surface area contributed by atoms with E-state index in [-0.39, 0.29) is 6.07 Å². The Labute approximate surface area is 77.7 Å². The summed E-state index contributed by atoms with van der Waals surface area (Å²) in [4.78, 5) is 2.01. The Morgan fingerprint density at radius 3 is 2.75 bits per heavy atom. The van der Waals surface area contributed by atoms with Crippen molar-refractivity contribution in [1.82, 2.24) is 0 Å². The van der Waals surface area contributed by atoms with Gasteiger partial charge in [-0.3, -0.25) is 0 Å². The summed E-state index contributed by atoms with van der Waals surface area (Å²) in [6.07, 6.45) is 0. The van der Waals surface area contributed by atoms with Gasteiger partial charge >= 0.3 is 0 Å². The minimum Gasteiger partial charge on any atom is -0.478 e.